The normalized spacial score (nSPS) is 13.2. The second-order valence-electron chi connectivity index (χ2n) is 4.70. The highest BCUT2D eigenvalue weighted by Gasteiger charge is 2.02. The summed E-state index contributed by atoms with van der Waals surface area (Å²) in [7, 11) is 1.68. The van der Waals surface area contributed by atoms with Crippen LogP contribution >= 0.6 is 0 Å². The van der Waals surface area contributed by atoms with Gasteiger partial charge in [-0.05, 0) is 12.3 Å². The van der Waals surface area contributed by atoms with Crippen molar-refractivity contribution in [3.8, 4) is 0 Å². The van der Waals surface area contributed by atoms with Gasteiger partial charge < -0.3 is 19.5 Å². The van der Waals surface area contributed by atoms with E-state index in [-0.39, 0.29) is 0 Å². The average molecular weight is 247 g/mol. The van der Waals surface area contributed by atoms with Gasteiger partial charge in [-0.1, -0.05) is 20.8 Å². The highest BCUT2D eigenvalue weighted by molar-refractivity contribution is 4.58. The van der Waals surface area contributed by atoms with Crippen molar-refractivity contribution >= 4 is 0 Å². The van der Waals surface area contributed by atoms with Crippen LogP contribution in [0.15, 0.2) is 0 Å². The number of nitrogens with one attached hydrogen (secondary N) is 1. The van der Waals surface area contributed by atoms with Gasteiger partial charge in [-0.3, -0.25) is 0 Å². The van der Waals surface area contributed by atoms with Crippen molar-refractivity contribution in [2.75, 3.05) is 46.7 Å². The lowest BCUT2D eigenvalue weighted by molar-refractivity contribution is 0.0456. The van der Waals surface area contributed by atoms with Crippen LogP contribution < -0.4 is 5.32 Å². The van der Waals surface area contributed by atoms with Crippen molar-refractivity contribution in [3.63, 3.8) is 0 Å². The van der Waals surface area contributed by atoms with Crippen LogP contribution in [-0.2, 0) is 14.2 Å². The van der Waals surface area contributed by atoms with Gasteiger partial charge in [0.1, 0.15) is 0 Å². The molecular formula is C13H29NO3. The van der Waals surface area contributed by atoms with E-state index in [2.05, 4.69) is 26.1 Å². The first-order valence-electron chi connectivity index (χ1n) is 6.54. The molecule has 4 nitrogen and oxygen atoms in total. The summed E-state index contributed by atoms with van der Waals surface area (Å²) in [5.41, 5.74) is 0. The zero-order chi connectivity index (χ0) is 12.9. The smallest absolute Gasteiger partial charge is 0.0700 e. The van der Waals surface area contributed by atoms with E-state index >= 15 is 0 Å². The van der Waals surface area contributed by atoms with Crippen molar-refractivity contribution in [2.24, 2.45) is 5.92 Å². The molecule has 1 N–H and O–H groups in total. The van der Waals surface area contributed by atoms with E-state index in [4.69, 9.17) is 14.2 Å². The van der Waals surface area contributed by atoms with E-state index in [0.29, 0.717) is 25.2 Å². The topological polar surface area (TPSA) is 39.7 Å². The molecular weight excluding hydrogens is 218 g/mol. The van der Waals surface area contributed by atoms with Crippen LogP contribution in [0.1, 0.15) is 27.2 Å². The zero-order valence-corrected chi connectivity index (χ0v) is 11.8. The molecule has 0 aliphatic rings. The number of methoxy groups -OCH3 is 1. The minimum atomic E-state index is 0.548. The quantitative estimate of drug-likeness (QED) is 0.533. The first-order valence-corrected chi connectivity index (χ1v) is 6.54. The maximum Gasteiger partial charge on any atom is 0.0700 e. The SMILES string of the molecule is COCCOCCCOCC(C)CNC(C)C. The summed E-state index contributed by atoms with van der Waals surface area (Å²) < 4.78 is 15.8. The largest absolute Gasteiger partial charge is 0.382 e. The van der Waals surface area contributed by atoms with Gasteiger partial charge in [0, 0.05) is 32.9 Å². The Kier molecular flexibility index (Phi) is 12.2. The summed E-state index contributed by atoms with van der Waals surface area (Å²) in [4.78, 5) is 0. The molecule has 0 fully saturated rings. The van der Waals surface area contributed by atoms with Gasteiger partial charge in [-0.2, -0.15) is 0 Å². The highest BCUT2D eigenvalue weighted by atomic mass is 16.5. The Morgan fingerprint density at radius 3 is 2.29 bits per heavy atom. The summed E-state index contributed by atoms with van der Waals surface area (Å²) >= 11 is 0. The van der Waals surface area contributed by atoms with Crippen LogP contribution in [0.25, 0.3) is 0 Å². The monoisotopic (exact) mass is 247 g/mol. The lowest BCUT2D eigenvalue weighted by atomic mass is 10.2. The lowest BCUT2D eigenvalue weighted by Gasteiger charge is -2.15. The molecule has 0 aromatic heterocycles. The van der Waals surface area contributed by atoms with Crippen LogP contribution in [0.3, 0.4) is 0 Å². The van der Waals surface area contributed by atoms with E-state index in [1.54, 1.807) is 7.11 Å². The first kappa shape index (κ1) is 16.8. The standard InChI is InChI=1S/C13H29NO3/c1-12(2)14-10-13(3)11-17-7-5-6-16-9-8-15-4/h12-14H,5-11H2,1-4H3. The van der Waals surface area contributed by atoms with Crippen LogP contribution in [0, 0.1) is 5.92 Å². The molecule has 0 bridgehead atoms. The van der Waals surface area contributed by atoms with Gasteiger partial charge in [-0.25, -0.2) is 0 Å². The second kappa shape index (κ2) is 12.3. The third-order valence-electron chi connectivity index (χ3n) is 2.29. The van der Waals surface area contributed by atoms with E-state index in [1.807, 2.05) is 0 Å². The molecule has 1 unspecified atom stereocenters. The Balaban J connectivity index is 3.11. The molecule has 4 heteroatoms. The van der Waals surface area contributed by atoms with Crippen LogP contribution in [0.2, 0.25) is 0 Å². The first-order chi connectivity index (χ1) is 8.16. The molecule has 0 amide bonds. The summed E-state index contributed by atoms with van der Waals surface area (Å²) in [6.07, 6.45) is 0.952. The minimum absolute atomic E-state index is 0.548. The van der Waals surface area contributed by atoms with Gasteiger partial charge >= 0.3 is 0 Å². The minimum Gasteiger partial charge on any atom is -0.382 e. The fourth-order valence-corrected chi connectivity index (χ4v) is 1.29. The second-order valence-corrected chi connectivity index (χ2v) is 4.70. The van der Waals surface area contributed by atoms with Crippen molar-refractivity contribution in [1.29, 1.82) is 0 Å². The van der Waals surface area contributed by atoms with E-state index in [0.717, 1.165) is 32.8 Å². The fraction of sp³-hybridized carbons (Fsp3) is 1.00. The summed E-state index contributed by atoms with van der Waals surface area (Å²) in [6, 6.07) is 0.548. The molecule has 0 heterocycles. The highest BCUT2D eigenvalue weighted by Crippen LogP contribution is 1.96. The summed E-state index contributed by atoms with van der Waals surface area (Å²) in [5, 5.41) is 3.40. The van der Waals surface area contributed by atoms with E-state index in [9.17, 15) is 0 Å². The van der Waals surface area contributed by atoms with Gasteiger partial charge in [0.2, 0.25) is 0 Å². The molecule has 0 aromatic rings. The Morgan fingerprint density at radius 2 is 1.65 bits per heavy atom. The van der Waals surface area contributed by atoms with Crippen molar-refractivity contribution in [2.45, 2.75) is 33.2 Å². The fourth-order valence-electron chi connectivity index (χ4n) is 1.29. The van der Waals surface area contributed by atoms with Crippen molar-refractivity contribution in [3.05, 3.63) is 0 Å². The molecule has 1 atom stereocenters. The van der Waals surface area contributed by atoms with Crippen molar-refractivity contribution in [1.82, 2.24) is 5.32 Å². The maximum absolute atomic E-state index is 5.58. The average Bonchev–Trinajstić information content (AvgIpc) is 2.30. The van der Waals surface area contributed by atoms with Gasteiger partial charge in [0.25, 0.3) is 0 Å². The number of hydrogen-bond donors (Lipinski definition) is 1. The molecule has 0 spiro atoms. The molecule has 0 saturated carbocycles. The summed E-state index contributed by atoms with van der Waals surface area (Å²) in [6.45, 7) is 11.2. The molecule has 0 saturated heterocycles. The lowest BCUT2D eigenvalue weighted by Crippen LogP contribution is -2.29. The molecule has 0 aromatic carbocycles. The number of hydrogen-bond acceptors (Lipinski definition) is 4. The summed E-state index contributed by atoms with van der Waals surface area (Å²) in [5.74, 6) is 0.562. The Bertz CT molecular complexity index is 154. The van der Waals surface area contributed by atoms with Crippen LogP contribution in [-0.4, -0.2) is 52.7 Å². The molecule has 104 valence electrons. The maximum atomic E-state index is 5.58. The molecule has 0 radical (unpaired) electrons. The van der Waals surface area contributed by atoms with Gasteiger partial charge in [-0.15, -0.1) is 0 Å². The molecule has 17 heavy (non-hydrogen) atoms. The van der Waals surface area contributed by atoms with Gasteiger partial charge in [0.15, 0.2) is 0 Å². The molecule has 0 aliphatic heterocycles. The zero-order valence-electron chi connectivity index (χ0n) is 11.8. The molecule has 0 aliphatic carbocycles. The third-order valence-corrected chi connectivity index (χ3v) is 2.29. The Labute approximate surface area is 106 Å². The Hall–Kier alpha value is -0.160. The Morgan fingerprint density at radius 1 is 0.941 bits per heavy atom. The number of rotatable bonds is 12. The third kappa shape index (κ3) is 13.8. The van der Waals surface area contributed by atoms with Crippen molar-refractivity contribution < 1.29 is 14.2 Å². The van der Waals surface area contributed by atoms with E-state index < -0.39 is 0 Å². The predicted molar refractivity (Wildman–Crippen MR) is 70.4 cm³/mol. The predicted octanol–water partition coefficient (Wildman–Crippen LogP) is 1.69. The number of ether oxygens (including phenoxy) is 3. The van der Waals surface area contributed by atoms with Gasteiger partial charge in [0.05, 0.1) is 19.8 Å². The van der Waals surface area contributed by atoms with Crippen LogP contribution in [0.5, 0.6) is 0 Å². The molecule has 0 rings (SSSR count). The van der Waals surface area contributed by atoms with Crippen LogP contribution in [0.4, 0.5) is 0 Å². The van der Waals surface area contributed by atoms with E-state index in [1.165, 1.54) is 0 Å².